The van der Waals surface area contributed by atoms with E-state index in [4.69, 9.17) is 4.74 Å². The lowest BCUT2D eigenvalue weighted by atomic mass is 10.00. The molecule has 0 spiro atoms. The number of fused-ring (bicyclic) bond motifs is 1. The standard InChI is InChI=1S/C21H24F2N4O/c22-14-1-2-18(23)15(9-14)19-3-4-20(26-25-19)24-21-16-11-27(12-17(16)21)10-13-5-7-28-8-6-13/h1-4,9,13,16-17,21H,5-8,10-12H2,(H,24,26)/t16-,17+,21+. The first-order valence-electron chi connectivity index (χ1n) is 10.0. The molecule has 1 N–H and O–H groups in total. The molecule has 3 heterocycles. The third kappa shape index (κ3) is 3.61. The minimum atomic E-state index is -0.502. The van der Waals surface area contributed by atoms with Gasteiger partial charge in [0.2, 0.25) is 0 Å². The van der Waals surface area contributed by atoms with Gasteiger partial charge in [-0.25, -0.2) is 8.78 Å². The van der Waals surface area contributed by atoms with E-state index >= 15 is 0 Å². The molecule has 5 rings (SSSR count). The summed E-state index contributed by atoms with van der Waals surface area (Å²) in [4.78, 5) is 2.59. The highest BCUT2D eigenvalue weighted by Crippen LogP contribution is 2.47. The molecule has 2 aromatic rings. The molecule has 3 aliphatic rings. The van der Waals surface area contributed by atoms with Crippen LogP contribution in [-0.4, -0.2) is 54.0 Å². The topological polar surface area (TPSA) is 50.3 Å². The minimum Gasteiger partial charge on any atom is -0.381 e. The Morgan fingerprint density at radius 2 is 1.82 bits per heavy atom. The van der Waals surface area contributed by atoms with Gasteiger partial charge in [-0.3, -0.25) is 0 Å². The van der Waals surface area contributed by atoms with E-state index in [1.165, 1.54) is 19.4 Å². The van der Waals surface area contributed by atoms with Gasteiger partial charge in [0, 0.05) is 44.5 Å². The van der Waals surface area contributed by atoms with Crippen molar-refractivity contribution in [3.63, 3.8) is 0 Å². The number of anilines is 1. The van der Waals surface area contributed by atoms with Gasteiger partial charge in [0.25, 0.3) is 0 Å². The van der Waals surface area contributed by atoms with Crippen LogP contribution in [0.15, 0.2) is 30.3 Å². The number of rotatable bonds is 5. The summed E-state index contributed by atoms with van der Waals surface area (Å²) in [6, 6.07) is 7.26. The fourth-order valence-corrected chi connectivity index (χ4v) is 4.69. The van der Waals surface area contributed by atoms with Crippen LogP contribution >= 0.6 is 0 Å². The lowest BCUT2D eigenvalue weighted by Gasteiger charge is -2.28. The van der Waals surface area contributed by atoms with Crippen molar-refractivity contribution >= 4 is 5.82 Å². The van der Waals surface area contributed by atoms with E-state index in [1.807, 2.05) is 0 Å². The Hall–Kier alpha value is -2.12. The Morgan fingerprint density at radius 3 is 2.54 bits per heavy atom. The number of ether oxygens (including phenoxy) is 1. The number of aromatic nitrogens is 2. The van der Waals surface area contributed by atoms with Gasteiger partial charge < -0.3 is 15.0 Å². The van der Waals surface area contributed by atoms with Crippen LogP contribution in [0.25, 0.3) is 11.3 Å². The van der Waals surface area contributed by atoms with Crippen LogP contribution in [0, 0.1) is 29.4 Å². The van der Waals surface area contributed by atoms with Crippen LogP contribution in [0.2, 0.25) is 0 Å². The summed E-state index contributed by atoms with van der Waals surface area (Å²) in [5, 5.41) is 11.7. The van der Waals surface area contributed by atoms with Crippen LogP contribution in [0.5, 0.6) is 0 Å². The van der Waals surface area contributed by atoms with Crippen LogP contribution in [0.3, 0.4) is 0 Å². The molecule has 5 nitrogen and oxygen atoms in total. The van der Waals surface area contributed by atoms with Gasteiger partial charge in [-0.15, -0.1) is 10.2 Å². The molecule has 148 valence electrons. The van der Waals surface area contributed by atoms with Crippen molar-refractivity contribution in [2.24, 2.45) is 17.8 Å². The first-order chi connectivity index (χ1) is 13.7. The SMILES string of the molecule is Fc1ccc(F)c(-c2ccc(N[C@H]3[C@@H]4CN(CC5CCOCC5)C[C@@H]43)nn2)c1. The molecule has 1 aromatic carbocycles. The quantitative estimate of drug-likeness (QED) is 0.855. The maximum absolute atomic E-state index is 13.9. The Balaban J connectivity index is 1.15. The third-order valence-corrected chi connectivity index (χ3v) is 6.31. The van der Waals surface area contributed by atoms with Gasteiger partial charge in [0.15, 0.2) is 0 Å². The Bertz CT molecular complexity index is 829. The minimum absolute atomic E-state index is 0.131. The second kappa shape index (κ2) is 7.37. The van der Waals surface area contributed by atoms with Crippen molar-refractivity contribution in [2.75, 3.05) is 38.2 Å². The monoisotopic (exact) mass is 386 g/mol. The molecule has 0 amide bonds. The number of likely N-dealkylation sites (tertiary alicyclic amines) is 1. The zero-order chi connectivity index (χ0) is 19.1. The van der Waals surface area contributed by atoms with E-state index in [0.717, 1.165) is 50.4 Å². The lowest BCUT2D eigenvalue weighted by molar-refractivity contribution is 0.0540. The highest BCUT2D eigenvalue weighted by Gasteiger charge is 2.55. The number of nitrogens with one attached hydrogen (secondary N) is 1. The first kappa shape index (κ1) is 17.9. The Labute approximate surface area is 163 Å². The highest BCUT2D eigenvalue weighted by molar-refractivity contribution is 5.60. The summed E-state index contributed by atoms with van der Waals surface area (Å²) >= 11 is 0. The Kier molecular flexibility index (Phi) is 4.72. The van der Waals surface area contributed by atoms with E-state index in [0.29, 0.717) is 29.4 Å². The van der Waals surface area contributed by atoms with Crippen LogP contribution in [0.1, 0.15) is 12.8 Å². The van der Waals surface area contributed by atoms with Crippen molar-refractivity contribution in [1.82, 2.24) is 15.1 Å². The van der Waals surface area contributed by atoms with E-state index < -0.39 is 11.6 Å². The number of nitrogens with zero attached hydrogens (tertiary/aromatic N) is 3. The molecule has 2 saturated heterocycles. The number of piperidine rings is 1. The second-order valence-corrected chi connectivity index (χ2v) is 8.20. The largest absolute Gasteiger partial charge is 0.381 e. The normalized spacial score (nSPS) is 27.6. The van der Waals surface area contributed by atoms with Gasteiger partial charge in [-0.2, -0.15) is 0 Å². The number of hydrogen-bond donors (Lipinski definition) is 1. The summed E-state index contributed by atoms with van der Waals surface area (Å²) in [5.41, 5.74) is 0.465. The van der Waals surface area contributed by atoms with E-state index in [-0.39, 0.29) is 5.56 Å². The summed E-state index contributed by atoms with van der Waals surface area (Å²) in [7, 11) is 0. The van der Waals surface area contributed by atoms with Crippen LogP contribution in [-0.2, 0) is 4.74 Å². The second-order valence-electron chi connectivity index (χ2n) is 8.20. The van der Waals surface area contributed by atoms with Gasteiger partial charge in [0.1, 0.15) is 17.5 Å². The van der Waals surface area contributed by atoms with Gasteiger partial charge in [0.05, 0.1) is 5.69 Å². The van der Waals surface area contributed by atoms with Crippen LogP contribution < -0.4 is 5.32 Å². The summed E-state index contributed by atoms with van der Waals surface area (Å²) < 4.78 is 32.7. The van der Waals surface area contributed by atoms with Gasteiger partial charge >= 0.3 is 0 Å². The molecular formula is C21H24F2N4O. The summed E-state index contributed by atoms with van der Waals surface area (Å²) in [5.74, 6) is 1.81. The molecule has 1 saturated carbocycles. The summed E-state index contributed by atoms with van der Waals surface area (Å²) in [6.45, 7) is 5.28. The predicted molar refractivity (Wildman–Crippen MR) is 102 cm³/mol. The molecular weight excluding hydrogens is 362 g/mol. The number of halogens is 2. The smallest absolute Gasteiger partial charge is 0.148 e. The average molecular weight is 386 g/mol. The van der Waals surface area contributed by atoms with E-state index in [1.54, 1.807) is 12.1 Å². The zero-order valence-electron chi connectivity index (χ0n) is 15.7. The van der Waals surface area contributed by atoms with Crippen molar-refractivity contribution in [2.45, 2.75) is 18.9 Å². The Morgan fingerprint density at radius 1 is 1.04 bits per heavy atom. The maximum Gasteiger partial charge on any atom is 0.148 e. The fraction of sp³-hybridized carbons (Fsp3) is 0.524. The third-order valence-electron chi connectivity index (χ3n) is 6.31. The van der Waals surface area contributed by atoms with Gasteiger partial charge in [-0.1, -0.05) is 0 Å². The van der Waals surface area contributed by atoms with E-state index in [9.17, 15) is 8.78 Å². The molecule has 0 radical (unpaired) electrons. The fourth-order valence-electron chi connectivity index (χ4n) is 4.69. The van der Waals surface area contributed by atoms with Crippen molar-refractivity contribution in [1.29, 1.82) is 0 Å². The van der Waals surface area contributed by atoms with E-state index in [2.05, 4.69) is 20.4 Å². The molecule has 7 heteroatoms. The number of hydrogen-bond acceptors (Lipinski definition) is 5. The molecule has 1 aromatic heterocycles. The molecule has 3 fully saturated rings. The molecule has 0 bridgehead atoms. The molecule has 1 aliphatic carbocycles. The zero-order valence-corrected chi connectivity index (χ0v) is 15.7. The van der Waals surface area contributed by atoms with Gasteiger partial charge in [-0.05, 0) is 60.9 Å². The first-order valence-corrected chi connectivity index (χ1v) is 10.0. The lowest BCUT2D eigenvalue weighted by Crippen LogP contribution is -2.34. The van der Waals surface area contributed by atoms with Crippen molar-refractivity contribution in [3.8, 4) is 11.3 Å². The number of benzene rings is 1. The average Bonchev–Trinajstić information content (AvgIpc) is 3.15. The maximum atomic E-state index is 13.9. The van der Waals surface area contributed by atoms with Crippen molar-refractivity contribution in [3.05, 3.63) is 42.0 Å². The molecule has 2 aliphatic heterocycles. The molecule has 0 unspecified atom stereocenters. The molecule has 3 atom stereocenters. The molecule has 28 heavy (non-hydrogen) atoms. The van der Waals surface area contributed by atoms with Crippen LogP contribution in [0.4, 0.5) is 14.6 Å². The predicted octanol–water partition coefficient (Wildman–Crippen LogP) is 3.19. The highest BCUT2D eigenvalue weighted by atomic mass is 19.1. The van der Waals surface area contributed by atoms with Crippen molar-refractivity contribution < 1.29 is 13.5 Å². The summed E-state index contributed by atoms with van der Waals surface area (Å²) in [6.07, 6.45) is 2.36.